The van der Waals surface area contributed by atoms with Crippen LogP contribution in [0.2, 0.25) is 0 Å². The van der Waals surface area contributed by atoms with Crippen LogP contribution in [-0.4, -0.2) is 50.3 Å². The fourth-order valence-corrected chi connectivity index (χ4v) is 3.24. The lowest BCUT2D eigenvalue weighted by molar-refractivity contribution is -0.137. The summed E-state index contributed by atoms with van der Waals surface area (Å²) in [6.07, 6.45) is -0.524. The van der Waals surface area contributed by atoms with Gasteiger partial charge in [0.05, 0.1) is 13.2 Å². The van der Waals surface area contributed by atoms with E-state index in [9.17, 15) is 4.79 Å². The van der Waals surface area contributed by atoms with Crippen molar-refractivity contribution < 1.29 is 14.3 Å². The number of hydrogen-bond donors (Lipinski definition) is 0. The smallest absolute Gasteiger partial charge is 0.263 e. The van der Waals surface area contributed by atoms with Gasteiger partial charge < -0.3 is 19.3 Å². The quantitative estimate of drug-likeness (QED) is 0.785. The molecule has 1 heterocycles. The molecule has 3 rings (SSSR count). The molecule has 1 aliphatic rings. The van der Waals surface area contributed by atoms with Crippen LogP contribution in [0.1, 0.15) is 18.1 Å². The fourth-order valence-electron chi connectivity index (χ4n) is 3.24. The number of anilines is 1. The topological polar surface area (TPSA) is 42.0 Å². The number of hydrogen-bond acceptors (Lipinski definition) is 4. The number of carbonyl (C=O) groups excluding carboxylic acids is 1. The Hall–Kier alpha value is -2.53. The zero-order valence-corrected chi connectivity index (χ0v) is 16.4. The number of nitrogens with zero attached hydrogens (tertiary/aromatic N) is 2. The van der Waals surface area contributed by atoms with Crippen molar-refractivity contribution in [1.82, 2.24) is 4.90 Å². The standard InChI is InChI=1S/C22H28N2O3/c1-17-5-4-6-21(15-17)27-18(2)22(25)23(3)16-19-7-9-20(10-8-19)24-11-13-26-14-12-24/h4-10,15,18H,11-14,16H2,1-3H3. The predicted octanol–water partition coefficient (Wildman–Crippen LogP) is 3.26. The summed E-state index contributed by atoms with van der Waals surface area (Å²) in [5.74, 6) is 0.688. The Kier molecular flexibility index (Phi) is 6.35. The number of likely N-dealkylation sites (N-methyl/N-ethyl adjacent to an activating group) is 1. The minimum Gasteiger partial charge on any atom is -0.481 e. The molecule has 0 bridgehead atoms. The first kappa shape index (κ1) is 19.2. The Morgan fingerprint density at radius 3 is 2.56 bits per heavy atom. The van der Waals surface area contributed by atoms with Gasteiger partial charge in [0.2, 0.25) is 0 Å². The fraction of sp³-hybridized carbons (Fsp3) is 0.409. The Morgan fingerprint density at radius 1 is 1.19 bits per heavy atom. The third kappa shape index (κ3) is 5.23. The molecule has 1 aliphatic heterocycles. The average Bonchev–Trinajstić information content (AvgIpc) is 2.68. The summed E-state index contributed by atoms with van der Waals surface area (Å²) in [7, 11) is 1.81. The van der Waals surface area contributed by atoms with Crippen LogP contribution in [0.3, 0.4) is 0 Å². The van der Waals surface area contributed by atoms with Crippen LogP contribution < -0.4 is 9.64 Å². The monoisotopic (exact) mass is 368 g/mol. The highest BCUT2D eigenvalue weighted by Gasteiger charge is 2.19. The second-order valence-electron chi connectivity index (χ2n) is 7.04. The number of benzene rings is 2. The van der Waals surface area contributed by atoms with Crippen molar-refractivity contribution >= 4 is 11.6 Å². The summed E-state index contributed by atoms with van der Waals surface area (Å²) in [6.45, 7) is 7.76. The van der Waals surface area contributed by atoms with Crippen LogP contribution in [0.15, 0.2) is 48.5 Å². The van der Waals surface area contributed by atoms with Crippen LogP contribution in [0.25, 0.3) is 0 Å². The SMILES string of the molecule is Cc1cccc(OC(C)C(=O)N(C)Cc2ccc(N3CCOCC3)cc2)c1. The van der Waals surface area contributed by atoms with Gasteiger partial charge in [-0.15, -0.1) is 0 Å². The normalized spacial score (nSPS) is 15.3. The number of aryl methyl sites for hydroxylation is 1. The van der Waals surface area contributed by atoms with Gasteiger partial charge in [0.1, 0.15) is 5.75 Å². The van der Waals surface area contributed by atoms with Crippen LogP contribution in [0, 0.1) is 6.92 Å². The van der Waals surface area contributed by atoms with Crippen molar-refractivity contribution in [3.63, 3.8) is 0 Å². The maximum absolute atomic E-state index is 12.6. The maximum atomic E-state index is 12.6. The van der Waals surface area contributed by atoms with Gasteiger partial charge in [-0.25, -0.2) is 0 Å². The van der Waals surface area contributed by atoms with Crippen molar-refractivity contribution in [2.45, 2.75) is 26.5 Å². The number of morpholine rings is 1. The van der Waals surface area contributed by atoms with Gasteiger partial charge in [-0.2, -0.15) is 0 Å². The van der Waals surface area contributed by atoms with Gasteiger partial charge in [-0.1, -0.05) is 24.3 Å². The molecule has 2 aromatic carbocycles. The first-order valence-electron chi connectivity index (χ1n) is 9.43. The van der Waals surface area contributed by atoms with E-state index in [1.807, 2.05) is 38.2 Å². The number of ether oxygens (including phenoxy) is 2. The van der Waals surface area contributed by atoms with E-state index in [4.69, 9.17) is 9.47 Å². The van der Waals surface area contributed by atoms with E-state index in [2.05, 4.69) is 29.2 Å². The lowest BCUT2D eigenvalue weighted by Crippen LogP contribution is -2.37. The molecule has 0 saturated carbocycles. The molecule has 1 atom stereocenters. The molecule has 1 saturated heterocycles. The van der Waals surface area contributed by atoms with Gasteiger partial charge >= 0.3 is 0 Å². The number of carbonyl (C=O) groups is 1. The van der Waals surface area contributed by atoms with Gasteiger partial charge in [0.25, 0.3) is 5.91 Å². The largest absolute Gasteiger partial charge is 0.481 e. The maximum Gasteiger partial charge on any atom is 0.263 e. The van der Waals surface area contributed by atoms with Crippen molar-refractivity contribution in [3.8, 4) is 5.75 Å². The molecule has 0 aromatic heterocycles. The van der Waals surface area contributed by atoms with E-state index in [1.54, 1.807) is 11.8 Å². The highest BCUT2D eigenvalue weighted by molar-refractivity contribution is 5.80. The van der Waals surface area contributed by atoms with Crippen LogP contribution >= 0.6 is 0 Å². The summed E-state index contributed by atoms with van der Waals surface area (Å²) in [6, 6.07) is 16.2. The zero-order valence-electron chi connectivity index (χ0n) is 16.4. The zero-order chi connectivity index (χ0) is 19.2. The molecule has 0 aliphatic carbocycles. The molecule has 144 valence electrons. The molecular weight excluding hydrogens is 340 g/mol. The number of rotatable bonds is 6. The Balaban J connectivity index is 1.55. The highest BCUT2D eigenvalue weighted by atomic mass is 16.5. The third-order valence-electron chi connectivity index (χ3n) is 4.76. The van der Waals surface area contributed by atoms with E-state index >= 15 is 0 Å². The molecule has 1 amide bonds. The van der Waals surface area contributed by atoms with Gasteiger partial charge in [-0.05, 0) is 49.2 Å². The Morgan fingerprint density at radius 2 is 1.89 bits per heavy atom. The minimum atomic E-state index is -0.524. The Labute approximate surface area is 161 Å². The van der Waals surface area contributed by atoms with Gasteiger partial charge in [-0.3, -0.25) is 4.79 Å². The van der Waals surface area contributed by atoms with E-state index in [-0.39, 0.29) is 5.91 Å². The van der Waals surface area contributed by atoms with E-state index in [0.29, 0.717) is 6.54 Å². The minimum absolute atomic E-state index is 0.0336. The average molecular weight is 368 g/mol. The Bertz CT molecular complexity index is 754. The van der Waals surface area contributed by atoms with Crippen molar-refractivity contribution in [3.05, 3.63) is 59.7 Å². The van der Waals surface area contributed by atoms with Crippen molar-refractivity contribution in [2.75, 3.05) is 38.3 Å². The molecular formula is C22H28N2O3. The summed E-state index contributed by atoms with van der Waals surface area (Å²) in [5, 5.41) is 0. The summed E-state index contributed by atoms with van der Waals surface area (Å²) in [5.41, 5.74) is 3.42. The third-order valence-corrected chi connectivity index (χ3v) is 4.76. The van der Waals surface area contributed by atoms with Gasteiger partial charge in [0.15, 0.2) is 6.10 Å². The van der Waals surface area contributed by atoms with Crippen LogP contribution in [0.4, 0.5) is 5.69 Å². The first-order chi connectivity index (χ1) is 13.0. The highest BCUT2D eigenvalue weighted by Crippen LogP contribution is 2.18. The lowest BCUT2D eigenvalue weighted by Gasteiger charge is -2.29. The van der Waals surface area contributed by atoms with Crippen molar-refractivity contribution in [1.29, 1.82) is 0 Å². The van der Waals surface area contributed by atoms with E-state index in [1.165, 1.54) is 5.69 Å². The van der Waals surface area contributed by atoms with Crippen LogP contribution in [0.5, 0.6) is 5.75 Å². The predicted molar refractivity (Wildman–Crippen MR) is 107 cm³/mol. The molecule has 2 aromatic rings. The lowest BCUT2D eigenvalue weighted by atomic mass is 10.1. The molecule has 0 N–H and O–H groups in total. The van der Waals surface area contributed by atoms with E-state index in [0.717, 1.165) is 43.2 Å². The van der Waals surface area contributed by atoms with Gasteiger partial charge in [0, 0.05) is 32.4 Å². The van der Waals surface area contributed by atoms with Crippen LogP contribution in [-0.2, 0) is 16.1 Å². The molecule has 27 heavy (non-hydrogen) atoms. The number of amides is 1. The molecule has 5 heteroatoms. The molecule has 0 spiro atoms. The summed E-state index contributed by atoms with van der Waals surface area (Å²) in [4.78, 5) is 16.7. The first-order valence-corrected chi connectivity index (χ1v) is 9.43. The van der Waals surface area contributed by atoms with E-state index < -0.39 is 6.10 Å². The summed E-state index contributed by atoms with van der Waals surface area (Å²) < 4.78 is 11.2. The second kappa shape index (κ2) is 8.91. The summed E-state index contributed by atoms with van der Waals surface area (Å²) >= 11 is 0. The second-order valence-corrected chi connectivity index (χ2v) is 7.04. The molecule has 0 radical (unpaired) electrons. The van der Waals surface area contributed by atoms with Crippen molar-refractivity contribution in [2.24, 2.45) is 0 Å². The molecule has 5 nitrogen and oxygen atoms in total. The molecule has 1 fully saturated rings. The molecule has 1 unspecified atom stereocenters.